The Morgan fingerprint density at radius 3 is 2.84 bits per heavy atom. The molecule has 1 heterocycles. The normalized spacial score (nSPS) is 10.6. The van der Waals surface area contributed by atoms with Crippen LogP contribution in [0.15, 0.2) is 30.6 Å². The SMILES string of the molecule is CN(CCCN)c1ccc([N+](=O)[O-])c2cnccc12. The minimum atomic E-state index is -0.381. The molecule has 2 aromatic rings. The van der Waals surface area contributed by atoms with Gasteiger partial charge >= 0.3 is 0 Å². The van der Waals surface area contributed by atoms with Crippen molar-refractivity contribution in [3.8, 4) is 0 Å². The van der Waals surface area contributed by atoms with Gasteiger partial charge in [-0.25, -0.2) is 0 Å². The molecule has 0 spiro atoms. The van der Waals surface area contributed by atoms with E-state index in [9.17, 15) is 10.1 Å². The highest BCUT2D eigenvalue weighted by Crippen LogP contribution is 2.32. The summed E-state index contributed by atoms with van der Waals surface area (Å²) in [6, 6.07) is 5.10. The molecule has 0 bridgehead atoms. The lowest BCUT2D eigenvalue weighted by Crippen LogP contribution is -2.21. The number of nitrogens with zero attached hydrogens (tertiary/aromatic N) is 3. The summed E-state index contributed by atoms with van der Waals surface area (Å²) in [6.07, 6.45) is 4.06. The minimum Gasteiger partial charge on any atom is -0.374 e. The molecule has 0 amide bonds. The third-order valence-electron chi connectivity index (χ3n) is 3.08. The maximum Gasteiger partial charge on any atom is 0.278 e. The highest BCUT2D eigenvalue weighted by atomic mass is 16.6. The van der Waals surface area contributed by atoms with Crippen LogP contribution in [0.1, 0.15) is 6.42 Å². The molecule has 0 radical (unpaired) electrons. The maximum atomic E-state index is 11.0. The summed E-state index contributed by atoms with van der Waals surface area (Å²) in [6.45, 7) is 1.43. The zero-order chi connectivity index (χ0) is 13.8. The molecular weight excluding hydrogens is 244 g/mol. The first-order chi connectivity index (χ1) is 9.15. The summed E-state index contributed by atoms with van der Waals surface area (Å²) in [5.74, 6) is 0. The van der Waals surface area contributed by atoms with E-state index < -0.39 is 0 Å². The Morgan fingerprint density at radius 2 is 2.16 bits per heavy atom. The molecule has 0 saturated heterocycles. The summed E-state index contributed by atoms with van der Waals surface area (Å²) in [5, 5.41) is 12.4. The van der Waals surface area contributed by atoms with Crippen LogP contribution in [0, 0.1) is 10.1 Å². The number of benzene rings is 1. The summed E-state index contributed by atoms with van der Waals surface area (Å²) >= 11 is 0. The third-order valence-corrected chi connectivity index (χ3v) is 3.08. The average molecular weight is 260 g/mol. The molecule has 2 N–H and O–H groups in total. The Balaban J connectivity index is 2.52. The van der Waals surface area contributed by atoms with Crippen LogP contribution in [0.3, 0.4) is 0 Å². The zero-order valence-electron chi connectivity index (χ0n) is 10.7. The van der Waals surface area contributed by atoms with Gasteiger partial charge in [0.15, 0.2) is 0 Å². The second-order valence-corrected chi connectivity index (χ2v) is 4.35. The third kappa shape index (κ3) is 2.63. The van der Waals surface area contributed by atoms with E-state index >= 15 is 0 Å². The highest BCUT2D eigenvalue weighted by molar-refractivity contribution is 5.99. The first-order valence-corrected chi connectivity index (χ1v) is 6.07. The molecule has 6 nitrogen and oxygen atoms in total. The van der Waals surface area contributed by atoms with Crippen molar-refractivity contribution >= 4 is 22.1 Å². The first-order valence-electron chi connectivity index (χ1n) is 6.07. The molecule has 100 valence electrons. The Bertz CT molecular complexity index is 600. The Kier molecular flexibility index (Phi) is 3.91. The van der Waals surface area contributed by atoms with Gasteiger partial charge in [0.05, 0.1) is 10.3 Å². The minimum absolute atomic E-state index is 0.0825. The van der Waals surface area contributed by atoms with Gasteiger partial charge in [-0.05, 0) is 25.1 Å². The molecule has 1 aromatic heterocycles. The van der Waals surface area contributed by atoms with Crippen molar-refractivity contribution in [1.29, 1.82) is 0 Å². The Labute approximate surface area is 111 Å². The summed E-state index contributed by atoms with van der Waals surface area (Å²) in [7, 11) is 1.96. The number of hydrogen-bond acceptors (Lipinski definition) is 5. The van der Waals surface area contributed by atoms with Gasteiger partial charge in [0.25, 0.3) is 5.69 Å². The standard InChI is InChI=1S/C13H16N4O2/c1-16(8-2-6-14)12-3-4-13(17(18)19)11-9-15-7-5-10(11)12/h3-5,7,9H,2,6,8,14H2,1H3. The van der Waals surface area contributed by atoms with Gasteiger partial charge in [-0.1, -0.05) is 0 Å². The highest BCUT2D eigenvalue weighted by Gasteiger charge is 2.15. The number of aromatic nitrogens is 1. The van der Waals surface area contributed by atoms with Crippen LogP contribution in [-0.2, 0) is 0 Å². The van der Waals surface area contributed by atoms with Crippen molar-refractivity contribution in [3.63, 3.8) is 0 Å². The number of fused-ring (bicyclic) bond motifs is 1. The molecule has 0 atom stereocenters. The van der Waals surface area contributed by atoms with Crippen LogP contribution in [-0.4, -0.2) is 30.0 Å². The fourth-order valence-corrected chi connectivity index (χ4v) is 2.10. The molecule has 1 aromatic carbocycles. The van der Waals surface area contributed by atoms with Crippen LogP contribution in [0.5, 0.6) is 0 Å². The first kappa shape index (κ1) is 13.2. The number of anilines is 1. The van der Waals surface area contributed by atoms with Gasteiger partial charge in [-0.15, -0.1) is 0 Å². The molecule has 6 heteroatoms. The van der Waals surface area contributed by atoms with E-state index in [1.165, 1.54) is 12.3 Å². The molecule has 0 fully saturated rings. The summed E-state index contributed by atoms with van der Waals surface area (Å²) in [4.78, 5) is 16.7. The lowest BCUT2D eigenvalue weighted by atomic mass is 10.1. The van der Waals surface area contributed by atoms with Crippen molar-refractivity contribution in [3.05, 3.63) is 40.7 Å². The maximum absolute atomic E-state index is 11.0. The van der Waals surface area contributed by atoms with Crippen molar-refractivity contribution in [2.45, 2.75) is 6.42 Å². The van der Waals surface area contributed by atoms with E-state index in [4.69, 9.17) is 5.73 Å². The zero-order valence-corrected chi connectivity index (χ0v) is 10.7. The van der Waals surface area contributed by atoms with Crippen molar-refractivity contribution in [1.82, 2.24) is 4.98 Å². The average Bonchev–Trinajstić information content (AvgIpc) is 2.43. The van der Waals surface area contributed by atoms with E-state index in [0.29, 0.717) is 11.9 Å². The van der Waals surface area contributed by atoms with Crippen LogP contribution >= 0.6 is 0 Å². The number of nitrogens with two attached hydrogens (primary N) is 1. The van der Waals surface area contributed by atoms with Gasteiger partial charge in [-0.2, -0.15) is 0 Å². The van der Waals surface area contributed by atoms with Crippen LogP contribution in [0.25, 0.3) is 10.8 Å². The number of pyridine rings is 1. The van der Waals surface area contributed by atoms with Crippen LogP contribution in [0.4, 0.5) is 11.4 Å². The quantitative estimate of drug-likeness (QED) is 0.655. The predicted molar refractivity (Wildman–Crippen MR) is 75.3 cm³/mol. The molecule has 19 heavy (non-hydrogen) atoms. The number of hydrogen-bond donors (Lipinski definition) is 1. The molecule has 0 unspecified atom stereocenters. The lowest BCUT2D eigenvalue weighted by molar-refractivity contribution is -0.383. The largest absolute Gasteiger partial charge is 0.374 e. The van der Waals surface area contributed by atoms with Crippen molar-refractivity contribution in [2.75, 3.05) is 25.0 Å². The predicted octanol–water partition coefficient (Wildman–Crippen LogP) is 1.93. The Hall–Kier alpha value is -2.21. The second-order valence-electron chi connectivity index (χ2n) is 4.35. The monoisotopic (exact) mass is 260 g/mol. The number of rotatable bonds is 5. The lowest BCUT2D eigenvalue weighted by Gasteiger charge is -2.20. The van der Waals surface area contributed by atoms with Gasteiger partial charge in [0.2, 0.25) is 0 Å². The van der Waals surface area contributed by atoms with E-state index in [1.807, 2.05) is 7.05 Å². The molecule has 0 saturated carbocycles. The smallest absolute Gasteiger partial charge is 0.278 e. The van der Waals surface area contributed by atoms with E-state index in [1.54, 1.807) is 18.3 Å². The van der Waals surface area contributed by atoms with E-state index in [2.05, 4.69) is 9.88 Å². The Morgan fingerprint density at radius 1 is 1.37 bits per heavy atom. The van der Waals surface area contributed by atoms with Crippen LogP contribution in [0.2, 0.25) is 0 Å². The van der Waals surface area contributed by atoms with Gasteiger partial charge in [0.1, 0.15) is 0 Å². The molecule has 2 rings (SSSR count). The van der Waals surface area contributed by atoms with E-state index in [0.717, 1.165) is 24.0 Å². The van der Waals surface area contributed by atoms with E-state index in [-0.39, 0.29) is 10.6 Å². The fraction of sp³-hybridized carbons (Fsp3) is 0.308. The van der Waals surface area contributed by atoms with Crippen molar-refractivity contribution < 1.29 is 4.92 Å². The topological polar surface area (TPSA) is 85.3 Å². The summed E-state index contributed by atoms with van der Waals surface area (Å²) < 4.78 is 0. The number of nitro groups is 1. The van der Waals surface area contributed by atoms with Crippen molar-refractivity contribution in [2.24, 2.45) is 5.73 Å². The second kappa shape index (κ2) is 5.62. The van der Waals surface area contributed by atoms with Crippen LogP contribution < -0.4 is 10.6 Å². The molecule has 0 aliphatic rings. The molecule has 0 aliphatic heterocycles. The number of nitro benzene ring substituents is 1. The number of non-ortho nitro benzene ring substituents is 1. The summed E-state index contributed by atoms with van der Waals surface area (Å²) in [5.41, 5.74) is 6.54. The van der Waals surface area contributed by atoms with Gasteiger partial charge in [-0.3, -0.25) is 15.1 Å². The molecule has 0 aliphatic carbocycles. The fourth-order valence-electron chi connectivity index (χ4n) is 2.10. The van der Waals surface area contributed by atoms with Gasteiger partial charge in [0, 0.05) is 43.1 Å². The molecular formula is C13H16N4O2. The van der Waals surface area contributed by atoms with Gasteiger partial charge < -0.3 is 10.6 Å².